The minimum Gasteiger partial charge on any atom is -0.503 e. The largest absolute Gasteiger partial charge is 0.503 e. The first-order valence-electron chi connectivity index (χ1n) is 9.17. The number of carbonyl (C=O) groups is 3. The molecule has 2 aromatic rings. The molecule has 1 fully saturated rings. The smallest absolute Gasteiger partial charge is 0.294 e. The predicted octanol–water partition coefficient (Wildman–Crippen LogP) is 4.13. The van der Waals surface area contributed by atoms with Crippen LogP contribution in [0.4, 0.5) is 10.5 Å². The molecule has 1 saturated heterocycles. The van der Waals surface area contributed by atoms with Crippen molar-refractivity contribution < 1.29 is 29.0 Å². The molecule has 2 aromatic carbocycles. The van der Waals surface area contributed by atoms with Crippen LogP contribution >= 0.6 is 23.4 Å². The van der Waals surface area contributed by atoms with Gasteiger partial charge in [-0.05, 0) is 66.7 Å². The number of imide groups is 1. The molecule has 2 N–H and O–H groups in total. The van der Waals surface area contributed by atoms with E-state index in [-0.39, 0.29) is 21.4 Å². The molecule has 1 heterocycles. The molecule has 0 spiro atoms. The second-order valence-corrected chi connectivity index (χ2v) is 7.73. The number of phenolic OH excluding ortho intramolecular Hbond substituents is 1. The number of hydrogen-bond acceptors (Lipinski definition) is 7. The summed E-state index contributed by atoms with van der Waals surface area (Å²) in [5.41, 5.74) is 0.978. The average Bonchev–Trinajstić information content (AvgIpc) is 2.99. The van der Waals surface area contributed by atoms with Crippen LogP contribution in [0.25, 0.3) is 6.08 Å². The van der Waals surface area contributed by atoms with Gasteiger partial charge in [0.05, 0.1) is 23.6 Å². The summed E-state index contributed by atoms with van der Waals surface area (Å²) in [7, 11) is 1.37. The van der Waals surface area contributed by atoms with E-state index in [4.69, 9.17) is 21.1 Å². The van der Waals surface area contributed by atoms with Gasteiger partial charge in [0.25, 0.3) is 11.1 Å². The van der Waals surface area contributed by atoms with E-state index >= 15 is 0 Å². The van der Waals surface area contributed by atoms with Crippen LogP contribution in [0.15, 0.2) is 41.3 Å². The lowest BCUT2D eigenvalue weighted by atomic mass is 10.2. The number of thioether (sulfide) groups is 1. The van der Waals surface area contributed by atoms with Crippen molar-refractivity contribution >= 4 is 52.2 Å². The Morgan fingerprint density at radius 2 is 1.97 bits per heavy atom. The maximum atomic E-state index is 12.6. The monoisotopic (exact) mass is 462 g/mol. The zero-order chi connectivity index (χ0) is 22.5. The molecule has 0 saturated carbocycles. The van der Waals surface area contributed by atoms with Crippen molar-refractivity contribution in [1.82, 2.24) is 4.90 Å². The summed E-state index contributed by atoms with van der Waals surface area (Å²) >= 11 is 6.67. The van der Waals surface area contributed by atoms with Gasteiger partial charge in [-0.15, -0.1) is 0 Å². The van der Waals surface area contributed by atoms with Crippen LogP contribution in [0.1, 0.15) is 12.5 Å². The molecule has 10 heteroatoms. The van der Waals surface area contributed by atoms with E-state index in [0.29, 0.717) is 35.4 Å². The Morgan fingerprint density at radius 3 is 2.61 bits per heavy atom. The minimum atomic E-state index is -0.597. The Labute approximate surface area is 187 Å². The van der Waals surface area contributed by atoms with Crippen LogP contribution in [-0.4, -0.2) is 47.3 Å². The van der Waals surface area contributed by atoms with Crippen molar-refractivity contribution in [2.45, 2.75) is 6.92 Å². The predicted molar refractivity (Wildman–Crippen MR) is 119 cm³/mol. The van der Waals surface area contributed by atoms with Gasteiger partial charge in [0, 0.05) is 5.69 Å². The third kappa shape index (κ3) is 5.31. The maximum absolute atomic E-state index is 12.6. The molecule has 1 aliphatic heterocycles. The lowest BCUT2D eigenvalue weighted by Gasteiger charge is -2.12. The number of nitrogens with one attached hydrogen (secondary N) is 1. The molecule has 0 aliphatic carbocycles. The molecule has 0 atom stereocenters. The molecule has 0 unspecified atom stereocenters. The number of rotatable bonds is 7. The minimum absolute atomic E-state index is 0.0413. The Kier molecular flexibility index (Phi) is 7.09. The van der Waals surface area contributed by atoms with Gasteiger partial charge in [-0.1, -0.05) is 11.6 Å². The molecular formula is C21H19ClN2O6S. The lowest BCUT2D eigenvalue weighted by Crippen LogP contribution is -2.36. The van der Waals surface area contributed by atoms with Crippen molar-refractivity contribution in [3.05, 3.63) is 51.9 Å². The van der Waals surface area contributed by atoms with Crippen LogP contribution < -0.4 is 14.8 Å². The summed E-state index contributed by atoms with van der Waals surface area (Å²) in [6.07, 6.45) is 1.45. The summed E-state index contributed by atoms with van der Waals surface area (Å²) < 4.78 is 10.4. The molecule has 0 radical (unpaired) electrons. The number of ether oxygens (including phenoxy) is 2. The highest BCUT2D eigenvalue weighted by Gasteiger charge is 2.36. The summed E-state index contributed by atoms with van der Waals surface area (Å²) in [6, 6.07) is 9.66. The van der Waals surface area contributed by atoms with E-state index in [1.165, 1.54) is 25.3 Å². The number of amides is 3. The van der Waals surface area contributed by atoms with Crippen molar-refractivity contribution in [3.8, 4) is 17.2 Å². The highest BCUT2D eigenvalue weighted by Crippen LogP contribution is 2.37. The van der Waals surface area contributed by atoms with Crippen molar-refractivity contribution in [2.75, 3.05) is 25.6 Å². The third-order valence-corrected chi connectivity index (χ3v) is 5.39. The van der Waals surface area contributed by atoms with E-state index in [2.05, 4.69) is 5.32 Å². The molecule has 0 aromatic heterocycles. The molecule has 0 bridgehead atoms. The third-order valence-electron chi connectivity index (χ3n) is 4.19. The summed E-state index contributed by atoms with van der Waals surface area (Å²) in [5, 5.41) is 11.9. The van der Waals surface area contributed by atoms with Gasteiger partial charge in [0.15, 0.2) is 11.5 Å². The van der Waals surface area contributed by atoms with Crippen LogP contribution in [-0.2, 0) is 9.59 Å². The number of nitrogens with zero attached hydrogens (tertiary/aromatic N) is 1. The first kappa shape index (κ1) is 22.5. The van der Waals surface area contributed by atoms with E-state index in [0.717, 1.165) is 4.90 Å². The first-order chi connectivity index (χ1) is 14.8. The fraction of sp³-hybridized carbons (Fsp3) is 0.190. The summed E-state index contributed by atoms with van der Waals surface area (Å²) in [6.45, 7) is 1.98. The van der Waals surface area contributed by atoms with E-state index in [1.807, 2.05) is 6.92 Å². The van der Waals surface area contributed by atoms with Gasteiger partial charge in [-0.2, -0.15) is 0 Å². The van der Waals surface area contributed by atoms with Crippen LogP contribution in [0, 0.1) is 0 Å². The maximum Gasteiger partial charge on any atom is 0.294 e. The fourth-order valence-electron chi connectivity index (χ4n) is 2.77. The molecule has 3 amide bonds. The van der Waals surface area contributed by atoms with Gasteiger partial charge >= 0.3 is 0 Å². The number of methoxy groups -OCH3 is 1. The fourth-order valence-corrected chi connectivity index (χ4v) is 3.82. The summed E-state index contributed by atoms with van der Waals surface area (Å²) in [4.78, 5) is 38.2. The Morgan fingerprint density at radius 1 is 1.26 bits per heavy atom. The average molecular weight is 463 g/mol. The Balaban J connectivity index is 1.69. The molecule has 8 nitrogen and oxygen atoms in total. The molecular weight excluding hydrogens is 444 g/mol. The quantitative estimate of drug-likeness (QED) is 0.596. The van der Waals surface area contributed by atoms with Crippen molar-refractivity contribution in [3.63, 3.8) is 0 Å². The second-order valence-electron chi connectivity index (χ2n) is 6.33. The first-order valence-corrected chi connectivity index (χ1v) is 10.4. The number of hydrogen-bond donors (Lipinski definition) is 2. The lowest BCUT2D eigenvalue weighted by molar-refractivity contribution is -0.127. The van der Waals surface area contributed by atoms with Gasteiger partial charge in [-0.25, -0.2) is 0 Å². The normalized spacial score (nSPS) is 14.8. The van der Waals surface area contributed by atoms with Gasteiger partial charge < -0.3 is 19.9 Å². The van der Waals surface area contributed by atoms with Crippen LogP contribution in [0.3, 0.4) is 0 Å². The van der Waals surface area contributed by atoms with Gasteiger partial charge in [0.2, 0.25) is 5.91 Å². The van der Waals surface area contributed by atoms with E-state index in [9.17, 15) is 19.5 Å². The SMILES string of the molecule is CCOc1ccc(NC(=O)CN2C(=O)S/C(=C/c3cc(Cl)c(O)c(OC)c3)C2=O)cc1. The van der Waals surface area contributed by atoms with E-state index in [1.54, 1.807) is 24.3 Å². The van der Waals surface area contributed by atoms with Gasteiger partial charge in [-0.3, -0.25) is 19.3 Å². The number of phenols is 1. The highest BCUT2D eigenvalue weighted by molar-refractivity contribution is 8.18. The Hall–Kier alpha value is -3.17. The number of benzene rings is 2. The number of anilines is 1. The summed E-state index contributed by atoms with van der Waals surface area (Å²) in [5.74, 6) is -0.530. The van der Waals surface area contributed by atoms with Gasteiger partial charge in [0.1, 0.15) is 12.3 Å². The zero-order valence-corrected chi connectivity index (χ0v) is 18.2. The second kappa shape index (κ2) is 9.76. The number of halogens is 1. The highest BCUT2D eigenvalue weighted by atomic mass is 35.5. The molecule has 31 heavy (non-hydrogen) atoms. The number of carbonyl (C=O) groups excluding carboxylic acids is 3. The van der Waals surface area contributed by atoms with E-state index < -0.39 is 23.6 Å². The Bertz CT molecular complexity index is 1050. The van der Waals surface area contributed by atoms with Crippen LogP contribution in [0.5, 0.6) is 17.2 Å². The zero-order valence-electron chi connectivity index (χ0n) is 16.7. The standard InChI is InChI=1S/C21H19ClN2O6S/c1-3-30-14-6-4-13(5-7-14)23-18(25)11-24-20(27)17(31-21(24)28)10-12-8-15(22)19(26)16(9-12)29-2/h4-10,26H,3,11H2,1-2H3,(H,23,25)/b17-10+. The molecule has 1 aliphatic rings. The van der Waals surface area contributed by atoms with Crippen molar-refractivity contribution in [1.29, 1.82) is 0 Å². The number of aromatic hydroxyl groups is 1. The van der Waals surface area contributed by atoms with Crippen molar-refractivity contribution in [2.24, 2.45) is 0 Å². The molecule has 3 rings (SSSR count). The van der Waals surface area contributed by atoms with Crippen LogP contribution in [0.2, 0.25) is 5.02 Å². The topological polar surface area (TPSA) is 105 Å². The molecule has 162 valence electrons.